The second-order valence-electron chi connectivity index (χ2n) is 9.65. The first kappa shape index (κ1) is 32.7. The summed E-state index contributed by atoms with van der Waals surface area (Å²) in [5.74, 6) is -0.402. The molecule has 1 amide bonds. The van der Waals surface area contributed by atoms with Gasteiger partial charge in [0.2, 0.25) is 0 Å². The zero-order valence-electron chi connectivity index (χ0n) is 25.1. The van der Waals surface area contributed by atoms with Crippen LogP contribution in [0.5, 0.6) is 11.5 Å². The van der Waals surface area contributed by atoms with Crippen LogP contribution in [0.15, 0.2) is 89.2 Å². The van der Waals surface area contributed by atoms with Crippen LogP contribution in [0.3, 0.4) is 0 Å². The molecule has 0 fully saturated rings. The van der Waals surface area contributed by atoms with E-state index < -0.39 is 17.9 Å². The van der Waals surface area contributed by atoms with Crippen molar-refractivity contribution in [3.05, 3.63) is 106 Å². The summed E-state index contributed by atoms with van der Waals surface area (Å²) >= 11 is 5.32. The number of rotatable bonds is 13. The maximum Gasteiger partial charge on any atom is 0.338 e. The Labute approximate surface area is 266 Å². The summed E-state index contributed by atoms with van der Waals surface area (Å²) in [6.45, 7) is 5.69. The van der Waals surface area contributed by atoms with E-state index in [2.05, 4.69) is 21.2 Å². The van der Waals surface area contributed by atoms with Crippen molar-refractivity contribution in [2.24, 2.45) is 5.10 Å². The number of thiocarbonyl (C=S) groups is 1. The minimum Gasteiger partial charge on any atom is -0.488 e. The summed E-state index contributed by atoms with van der Waals surface area (Å²) in [4.78, 5) is 37.2. The number of hydrogen-bond donors (Lipinski definition) is 3. The van der Waals surface area contributed by atoms with Gasteiger partial charge in [0.25, 0.3) is 5.91 Å². The Morgan fingerprint density at radius 3 is 2.29 bits per heavy atom. The molecule has 1 heterocycles. The first-order chi connectivity index (χ1) is 21.8. The van der Waals surface area contributed by atoms with Crippen LogP contribution in [0, 0.1) is 0 Å². The highest BCUT2D eigenvalue weighted by atomic mass is 32.1. The average molecular weight is 631 g/mol. The zero-order chi connectivity index (χ0) is 32.2. The number of amides is 1. The molecular weight excluding hydrogens is 596 g/mol. The number of esters is 2. The molecule has 4 rings (SSSR count). The summed E-state index contributed by atoms with van der Waals surface area (Å²) in [6, 6.07) is 20.6. The third-order valence-electron chi connectivity index (χ3n) is 6.52. The molecule has 3 aromatic carbocycles. The number of hydrogen-bond acceptors (Lipinski definition) is 9. The summed E-state index contributed by atoms with van der Waals surface area (Å²) in [7, 11) is 0. The molecule has 0 unspecified atom stereocenters. The number of allylic oxidation sites excluding steroid dienone is 1. The van der Waals surface area contributed by atoms with Gasteiger partial charge in [-0.15, -0.1) is 0 Å². The number of nitrogens with zero attached hydrogens (tertiary/aromatic N) is 1. The van der Waals surface area contributed by atoms with Crippen LogP contribution >= 0.6 is 12.2 Å². The number of hydrazone groups is 1. The molecule has 12 heteroatoms. The molecule has 0 aromatic heterocycles. The van der Waals surface area contributed by atoms with Crippen LogP contribution in [0.25, 0.3) is 0 Å². The van der Waals surface area contributed by atoms with E-state index in [0.717, 1.165) is 5.56 Å². The Kier molecular flexibility index (Phi) is 11.6. The lowest BCUT2D eigenvalue weighted by molar-refractivity contribution is -0.139. The van der Waals surface area contributed by atoms with Gasteiger partial charge in [-0.2, -0.15) is 5.10 Å². The normalized spacial score (nSPS) is 14.3. The quantitative estimate of drug-likeness (QED) is 0.108. The summed E-state index contributed by atoms with van der Waals surface area (Å²) < 4.78 is 22.1. The van der Waals surface area contributed by atoms with Crippen LogP contribution in [0.2, 0.25) is 0 Å². The Hall–Kier alpha value is -5.23. The Balaban J connectivity index is 1.36. The predicted molar refractivity (Wildman–Crippen MR) is 172 cm³/mol. The van der Waals surface area contributed by atoms with E-state index in [1.807, 2.05) is 12.1 Å². The van der Waals surface area contributed by atoms with Gasteiger partial charge in [0, 0.05) is 16.8 Å². The molecule has 0 spiro atoms. The van der Waals surface area contributed by atoms with Crippen LogP contribution in [0.1, 0.15) is 53.9 Å². The highest BCUT2D eigenvalue weighted by Gasteiger charge is 2.32. The molecule has 0 bridgehead atoms. The lowest BCUT2D eigenvalue weighted by Crippen LogP contribution is -2.45. The van der Waals surface area contributed by atoms with E-state index in [1.54, 1.807) is 81.4 Å². The third-order valence-corrected chi connectivity index (χ3v) is 6.74. The molecular formula is C33H34N4O7S. The van der Waals surface area contributed by atoms with Crippen molar-refractivity contribution in [3.8, 4) is 11.5 Å². The summed E-state index contributed by atoms with van der Waals surface area (Å²) in [5, 5.41) is 10.5. The van der Waals surface area contributed by atoms with Crippen molar-refractivity contribution >= 4 is 41.4 Å². The topological polar surface area (TPSA) is 137 Å². The van der Waals surface area contributed by atoms with Crippen LogP contribution in [-0.4, -0.2) is 49.0 Å². The fourth-order valence-electron chi connectivity index (χ4n) is 4.44. The minimum absolute atomic E-state index is 0.217. The molecule has 11 nitrogen and oxygen atoms in total. The van der Waals surface area contributed by atoms with Gasteiger partial charge in [0.15, 0.2) is 11.7 Å². The zero-order valence-corrected chi connectivity index (χ0v) is 25.9. The number of para-hydroxylation sites is 2. The van der Waals surface area contributed by atoms with Gasteiger partial charge < -0.3 is 29.6 Å². The number of carbonyl (C=O) groups excluding carboxylic acids is 3. The van der Waals surface area contributed by atoms with Crippen molar-refractivity contribution < 1.29 is 33.3 Å². The monoisotopic (exact) mass is 630 g/mol. The molecule has 1 aliphatic rings. The molecule has 45 heavy (non-hydrogen) atoms. The highest BCUT2D eigenvalue weighted by molar-refractivity contribution is 7.80. The fraction of sp³-hybridized carbons (Fsp3) is 0.242. The molecule has 0 saturated carbocycles. The standard InChI is InChI=1S/C33H34N4O7S/c1-4-41-31(39)23-16-14-22(15-17-23)19-43-26-12-8-6-10-24(26)18-34-37-28(38)20-44-27-13-9-7-11-25(27)30-29(32(40)42-5-2)21(3)35-33(45)36-30/h6-18,30H,4-5,19-20H2,1-3H3,(H,37,38)(H2,35,36,45)/t30-/m0/s1. The van der Waals surface area contributed by atoms with E-state index in [0.29, 0.717) is 51.2 Å². The van der Waals surface area contributed by atoms with Gasteiger partial charge >= 0.3 is 11.9 Å². The van der Waals surface area contributed by atoms with Crippen molar-refractivity contribution in [3.63, 3.8) is 0 Å². The van der Waals surface area contributed by atoms with E-state index in [-0.39, 0.29) is 25.8 Å². The van der Waals surface area contributed by atoms with Gasteiger partial charge in [0.05, 0.1) is 36.6 Å². The summed E-state index contributed by atoms with van der Waals surface area (Å²) in [5.41, 5.74) is 5.99. The lowest BCUT2D eigenvalue weighted by Gasteiger charge is -2.30. The molecule has 0 radical (unpaired) electrons. The molecule has 1 atom stereocenters. The predicted octanol–water partition coefficient (Wildman–Crippen LogP) is 4.33. The second kappa shape index (κ2) is 16.0. The smallest absolute Gasteiger partial charge is 0.338 e. The third kappa shape index (κ3) is 8.89. The maximum atomic E-state index is 12.8. The Bertz CT molecular complexity index is 1600. The number of nitrogens with one attached hydrogen (secondary N) is 3. The molecule has 0 saturated heterocycles. The minimum atomic E-state index is -0.637. The first-order valence-electron chi connectivity index (χ1n) is 14.3. The fourth-order valence-corrected chi connectivity index (χ4v) is 4.71. The van der Waals surface area contributed by atoms with Gasteiger partial charge in [-0.05, 0) is 68.9 Å². The SMILES string of the molecule is CCOC(=O)C1=C(C)NC(=S)N[C@H]1c1ccccc1OCC(=O)NN=Cc1ccccc1OCc1ccc(C(=O)OCC)cc1. The molecule has 1 aliphatic heterocycles. The second-order valence-corrected chi connectivity index (χ2v) is 10.1. The van der Waals surface area contributed by atoms with Crippen LogP contribution < -0.4 is 25.5 Å². The highest BCUT2D eigenvalue weighted by Crippen LogP contribution is 2.33. The van der Waals surface area contributed by atoms with Crippen molar-refractivity contribution in [2.45, 2.75) is 33.4 Å². The van der Waals surface area contributed by atoms with E-state index in [9.17, 15) is 14.4 Å². The van der Waals surface area contributed by atoms with E-state index in [4.69, 9.17) is 31.2 Å². The van der Waals surface area contributed by atoms with Crippen molar-refractivity contribution in [1.29, 1.82) is 0 Å². The summed E-state index contributed by atoms with van der Waals surface area (Å²) in [6.07, 6.45) is 1.48. The van der Waals surface area contributed by atoms with Gasteiger partial charge in [-0.25, -0.2) is 15.0 Å². The molecule has 0 aliphatic carbocycles. The van der Waals surface area contributed by atoms with Crippen molar-refractivity contribution in [2.75, 3.05) is 19.8 Å². The molecule has 234 valence electrons. The van der Waals surface area contributed by atoms with Gasteiger partial charge in [0.1, 0.15) is 18.1 Å². The van der Waals surface area contributed by atoms with Crippen LogP contribution in [-0.2, 0) is 25.7 Å². The number of ether oxygens (including phenoxy) is 4. The van der Waals surface area contributed by atoms with E-state index in [1.165, 1.54) is 6.21 Å². The number of carbonyl (C=O) groups is 3. The average Bonchev–Trinajstić information content (AvgIpc) is 3.03. The largest absolute Gasteiger partial charge is 0.488 e. The van der Waals surface area contributed by atoms with E-state index >= 15 is 0 Å². The van der Waals surface area contributed by atoms with Crippen molar-refractivity contribution in [1.82, 2.24) is 16.1 Å². The Morgan fingerprint density at radius 2 is 1.56 bits per heavy atom. The lowest BCUT2D eigenvalue weighted by atomic mass is 9.95. The molecule has 3 aromatic rings. The molecule has 3 N–H and O–H groups in total. The first-order valence-corrected chi connectivity index (χ1v) is 14.7. The van der Waals surface area contributed by atoms with Crippen LogP contribution in [0.4, 0.5) is 0 Å². The number of benzene rings is 3. The van der Waals surface area contributed by atoms with Gasteiger partial charge in [-0.1, -0.05) is 42.5 Å². The Morgan fingerprint density at radius 1 is 0.889 bits per heavy atom. The maximum absolute atomic E-state index is 12.8. The van der Waals surface area contributed by atoms with Gasteiger partial charge in [-0.3, -0.25) is 4.79 Å².